The van der Waals surface area contributed by atoms with E-state index < -0.39 is 17.4 Å². The summed E-state index contributed by atoms with van der Waals surface area (Å²) < 4.78 is 0. The number of amides is 3. The molecule has 8 nitrogen and oxygen atoms in total. The van der Waals surface area contributed by atoms with Crippen LogP contribution in [0.15, 0.2) is 35.7 Å². The molecule has 0 aliphatic carbocycles. The molecule has 0 unspecified atom stereocenters. The molecule has 3 heterocycles. The number of carboxylic acids is 1. The summed E-state index contributed by atoms with van der Waals surface area (Å²) in [5.74, 6) is -1.76. The topological polar surface area (TPSA) is 116 Å². The molecular formula is C23H25N3O5S. The summed E-state index contributed by atoms with van der Waals surface area (Å²) >= 11 is 1.57. The molecule has 1 saturated heterocycles. The number of carbonyl (C=O) groups excluding carboxylic acids is 3. The van der Waals surface area contributed by atoms with E-state index in [2.05, 4.69) is 10.6 Å². The minimum atomic E-state index is -0.958. The average Bonchev–Trinajstić information content (AvgIpc) is 3.34. The van der Waals surface area contributed by atoms with Crippen LogP contribution in [0, 0.1) is 5.41 Å². The third-order valence-corrected chi connectivity index (χ3v) is 6.73. The van der Waals surface area contributed by atoms with E-state index in [9.17, 15) is 19.2 Å². The molecule has 0 spiro atoms. The van der Waals surface area contributed by atoms with E-state index >= 15 is 0 Å². The first-order valence-electron chi connectivity index (χ1n) is 10.4. The summed E-state index contributed by atoms with van der Waals surface area (Å²) in [6.45, 7) is 3.68. The van der Waals surface area contributed by atoms with Crippen LogP contribution in [0.4, 0.5) is 5.69 Å². The van der Waals surface area contributed by atoms with Crippen LogP contribution in [-0.2, 0) is 14.4 Å². The lowest BCUT2D eigenvalue weighted by Gasteiger charge is -2.23. The number of carboxylic acid groups (broad SMARTS) is 1. The van der Waals surface area contributed by atoms with E-state index in [0.717, 1.165) is 10.4 Å². The normalized spacial score (nSPS) is 20.2. The molecule has 0 radical (unpaired) electrons. The Hall–Kier alpha value is -3.20. The Morgan fingerprint density at radius 1 is 1.25 bits per heavy atom. The number of nitrogens with zero attached hydrogens (tertiary/aromatic N) is 1. The van der Waals surface area contributed by atoms with E-state index in [1.807, 2.05) is 23.6 Å². The first kappa shape index (κ1) is 22.0. The Balaban J connectivity index is 1.49. The number of benzene rings is 1. The van der Waals surface area contributed by atoms with Crippen LogP contribution in [0.2, 0.25) is 0 Å². The predicted octanol–water partition coefficient (Wildman–Crippen LogP) is 2.96. The highest BCUT2D eigenvalue weighted by molar-refractivity contribution is 7.13. The van der Waals surface area contributed by atoms with Crippen LogP contribution in [-0.4, -0.2) is 52.3 Å². The fraction of sp³-hybridized carbons (Fsp3) is 0.391. The van der Waals surface area contributed by atoms with Gasteiger partial charge in [0, 0.05) is 23.9 Å². The van der Waals surface area contributed by atoms with Gasteiger partial charge in [-0.25, -0.2) is 0 Å². The molecule has 3 N–H and O–H groups in total. The molecule has 2 aromatic rings. The van der Waals surface area contributed by atoms with E-state index in [1.165, 1.54) is 4.90 Å². The Kier molecular flexibility index (Phi) is 5.77. The molecule has 1 aromatic heterocycles. The van der Waals surface area contributed by atoms with Gasteiger partial charge in [0.05, 0.1) is 17.7 Å². The zero-order valence-corrected chi connectivity index (χ0v) is 18.7. The highest BCUT2D eigenvalue weighted by Crippen LogP contribution is 2.33. The Labute approximate surface area is 189 Å². The average molecular weight is 456 g/mol. The van der Waals surface area contributed by atoms with E-state index in [-0.39, 0.29) is 43.1 Å². The van der Waals surface area contributed by atoms with Gasteiger partial charge in [0.25, 0.3) is 5.91 Å². The van der Waals surface area contributed by atoms with E-state index in [4.69, 9.17) is 5.11 Å². The minimum Gasteiger partial charge on any atom is -0.481 e. The summed E-state index contributed by atoms with van der Waals surface area (Å²) in [5, 5.41) is 16.7. The summed E-state index contributed by atoms with van der Waals surface area (Å²) in [7, 11) is 0. The first-order valence-corrected chi connectivity index (χ1v) is 11.3. The minimum absolute atomic E-state index is 0.0492. The monoisotopic (exact) mass is 455 g/mol. The van der Waals surface area contributed by atoms with Gasteiger partial charge in [-0.15, -0.1) is 11.3 Å². The fourth-order valence-corrected chi connectivity index (χ4v) is 5.12. The van der Waals surface area contributed by atoms with Crippen LogP contribution in [0.1, 0.15) is 43.5 Å². The zero-order chi connectivity index (χ0) is 23.0. The summed E-state index contributed by atoms with van der Waals surface area (Å²) in [5.41, 5.74) is 1.14. The predicted molar refractivity (Wildman–Crippen MR) is 120 cm³/mol. The Morgan fingerprint density at radius 3 is 2.72 bits per heavy atom. The first-order chi connectivity index (χ1) is 15.1. The van der Waals surface area contributed by atoms with Gasteiger partial charge in [-0.1, -0.05) is 26.0 Å². The number of nitrogens with one attached hydrogen (secondary N) is 2. The SMILES string of the molecule is CC(C)(CC(=O)O)CC(=O)N[C@H]1C[C@H]2C(=O)Nc3ccc(-c4cccs4)cc3C(=O)N2C1. The Bertz CT molecular complexity index is 1080. The van der Waals surface area contributed by atoms with Crippen LogP contribution in [0.3, 0.4) is 0 Å². The van der Waals surface area contributed by atoms with Crippen LogP contribution < -0.4 is 10.6 Å². The highest BCUT2D eigenvalue weighted by Gasteiger charge is 2.43. The van der Waals surface area contributed by atoms with Crippen molar-refractivity contribution in [3.8, 4) is 10.4 Å². The number of hydrogen-bond donors (Lipinski definition) is 3. The van der Waals surface area contributed by atoms with Gasteiger partial charge in [0.1, 0.15) is 6.04 Å². The largest absolute Gasteiger partial charge is 0.481 e. The molecule has 2 aliphatic rings. The van der Waals surface area contributed by atoms with Crippen LogP contribution in [0.25, 0.3) is 10.4 Å². The van der Waals surface area contributed by atoms with Crippen molar-refractivity contribution in [3.05, 3.63) is 41.3 Å². The van der Waals surface area contributed by atoms with Crippen molar-refractivity contribution < 1.29 is 24.3 Å². The van der Waals surface area contributed by atoms with E-state index in [1.54, 1.807) is 37.3 Å². The molecule has 2 atom stereocenters. The lowest BCUT2D eigenvalue weighted by atomic mass is 9.85. The lowest BCUT2D eigenvalue weighted by Crippen LogP contribution is -2.41. The van der Waals surface area contributed by atoms with Crippen molar-refractivity contribution in [2.75, 3.05) is 11.9 Å². The zero-order valence-electron chi connectivity index (χ0n) is 17.9. The maximum Gasteiger partial charge on any atom is 0.303 e. The molecule has 168 valence electrons. The number of anilines is 1. The quantitative estimate of drug-likeness (QED) is 0.619. The molecule has 1 fully saturated rings. The molecule has 3 amide bonds. The standard InChI is InChI=1S/C23H25N3O5S/c1-23(2,11-20(28)29)10-19(27)24-14-9-17-21(30)25-16-6-5-13(18-4-3-7-32-18)8-15(16)22(31)26(17)12-14/h3-8,14,17H,9-12H2,1-2H3,(H,24,27)(H,25,30)(H,28,29)/t14-,17-/m0/s1. The second-order valence-electron chi connectivity index (χ2n) is 9.11. The van der Waals surface area contributed by atoms with Crippen LogP contribution >= 0.6 is 11.3 Å². The van der Waals surface area contributed by atoms with Gasteiger partial charge in [-0.3, -0.25) is 19.2 Å². The smallest absolute Gasteiger partial charge is 0.303 e. The molecule has 0 bridgehead atoms. The second kappa shape index (κ2) is 8.38. The number of hydrogen-bond acceptors (Lipinski definition) is 5. The van der Waals surface area contributed by atoms with Gasteiger partial charge in [0.15, 0.2) is 0 Å². The third-order valence-electron chi connectivity index (χ3n) is 5.81. The molecule has 9 heteroatoms. The Morgan fingerprint density at radius 2 is 2.03 bits per heavy atom. The number of fused-ring (bicyclic) bond motifs is 2. The molecular weight excluding hydrogens is 430 g/mol. The van der Waals surface area contributed by atoms with Crippen molar-refractivity contribution in [1.82, 2.24) is 10.2 Å². The van der Waals surface area contributed by atoms with E-state index in [0.29, 0.717) is 17.7 Å². The number of aliphatic carboxylic acids is 1. The van der Waals surface area contributed by atoms with Crippen molar-refractivity contribution >= 4 is 40.7 Å². The summed E-state index contributed by atoms with van der Waals surface area (Å²) in [4.78, 5) is 52.2. The summed E-state index contributed by atoms with van der Waals surface area (Å²) in [6, 6.07) is 8.32. The highest BCUT2D eigenvalue weighted by atomic mass is 32.1. The van der Waals surface area contributed by atoms with Crippen molar-refractivity contribution in [2.24, 2.45) is 5.41 Å². The van der Waals surface area contributed by atoms with Crippen molar-refractivity contribution in [3.63, 3.8) is 0 Å². The van der Waals surface area contributed by atoms with Gasteiger partial charge in [0.2, 0.25) is 11.8 Å². The number of thiophene rings is 1. The molecule has 32 heavy (non-hydrogen) atoms. The maximum atomic E-state index is 13.3. The van der Waals surface area contributed by atoms with Crippen molar-refractivity contribution in [2.45, 2.75) is 45.2 Å². The molecule has 4 rings (SSSR count). The van der Waals surface area contributed by atoms with Gasteiger partial charge in [-0.05, 0) is 41.0 Å². The number of rotatable bonds is 6. The molecule has 2 aliphatic heterocycles. The molecule has 0 saturated carbocycles. The lowest BCUT2D eigenvalue weighted by molar-refractivity contribution is -0.139. The third kappa shape index (κ3) is 4.52. The number of carbonyl (C=O) groups is 4. The maximum absolute atomic E-state index is 13.3. The summed E-state index contributed by atoms with van der Waals surface area (Å²) in [6.07, 6.45) is 0.242. The second-order valence-corrected chi connectivity index (χ2v) is 10.1. The van der Waals surface area contributed by atoms with Crippen LogP contribution in [0.5, 0.6) is 0 Å². The van der Waals surface area contributed by atoms with Gasteiger partial charge < -0.3 is 20.6 Å². The van der Waals surface area contributed by atoms with Crippen molar-refractivity contribution in [1.29, 1.82) is 0 Å². The van der Waals surface area contributed by atoms with Gasteiger partial charge in [-0.2, -0.15) is 0 Å². The molecule has 1 aromatic carbocycles. The fourth-order valence-electron chi connectivity index (χ4n) is 4.40. The van der Waals surface area contributed by atoms with Gasteiger partial charge >= 0.3 is 5.97 Å².